The number of aromatic nitrogens is 3. The molecule has 1 aliphatic rings. The molecule has 1 atom stereocenters. The molecule has 0 radical (unpaired) electrons. The molecule has 2 aromatic carbocycles. The van der Waals surface area contributed by atoms with Crippen molar-refractivity contribution in [3.8, 4) is 11.6 Å². The van der Waals surface area contributed by atoms with Gasteiger partial charge in [-0.05, 0) is 30.2 Å². The van der Waals surface area contributed by atoms with Crippen molar-refractivity contribution in [2.75, 3.05) is 30.4 Å². The van der Waals surface area contributed by atoms with Crippen molar-refractivity contribution in [2.24, 2.45) is 7.05 Å². The molecule has 184 valence electrons. The van der Waals surface area contributed by atoms with Crippen LogP contribution in [0.25, 0.3) is 0 Å². The molecule has 36 heavy (non-hydrogen) atoms. The lowest BCUT2D eigenvalue weighted by molar-refractivity contribution is 0.102. The van der Waals surface area contributed by atoms with E-state index < -0.39 is 0 Å². The second kappa shape index (κ2) is 10.6. The fraction of sp³-hybridized carbons (Fsp3) is 0.250. The van der Waals surface area contributed by atoms with Gasteiger partial charge in [0.05, 0.1) is 0 Å². The van der Waals surface area contributed by atoms with E-state index in [-0.39, 0.29) is 11.9 Å². The Hall–Kier alpha value is -4.17. The summed E-state index contributed by atoms with van der Waals surface area (Å²) < 4.78 is 7.67. The number of pyridine rings is 1. The predicted octanol–water partition coefficient (Wildman–Crippen LogP) is 4.57. The predicted molar refractivity (Wildman–Crippen MR) is 140 cm³/mol. The molecule has 3 heterocycles. The van der Waals surface area contributed by atoms with E-state index in [0.717, 1.165) is 26.1 Å². The topological polar surface area (TPSA) is 75.5 Å². The summed E-state index contributed by atoms with van der Waals surface area (Å²) in [5.41, 5.74) is 1.77. The van der Waals surface area contributed by atoms with Gasteiger partial charge in [-0.15, -0.1) is 0 Å². The van der Waals surface area contributed by atoms with E-state index in [2.05, 4.69) is 44.5 Å². The zero-order valence-electron chi connectivity index (χ0n) is 20.5. The molecule has 5 rings (SSSR count). The quantitative estimate of drug-likeness (QED) is 0.397. The Morgan fingerprint density at radius 3 is 2.56 bits per heavy atom. The summed E-state index contributed by atoms with van der Waals surface area (Å²) in [4.78, 5) is 22.5. The number of carbonyl (C=O) groups is 1. The minimum atomic E-state index is -0.263. The number of rotatable bonds is 8. The van der Waals surface area contributed by atoms with Gasteiger partial charge in [0.25, 0.3) is 5.91 Å². The van der Waals surface area contributed by atoms with Gasteiger partial charge >= 0.3 is 0 Å². The molecule has 1 unspecified atom stereocenters. The van der Waals surface area contributed by atoms with E-state index >= 15 is 0 Å². The zero-order chi connectivity index (χ0) is 24.9. The number of nitrogens with zero attached hydrogens (tertiary/aromatic N) is 5. The van der Waals surface area contributed by atoms with Crippen LogP contribution in [0.15, 0.2) is 85.1 Å². The lowest BCUT2D eigenvalue weighted by atomic mass is 10.2. The minimum Gasteiger partial charge on any atom is -0.439 e. The Balaban J connectivity index is 1.36. The number of aryl methyl sites for hydroxylation is 1. The third kappa shape index (κ3) is 5.72. The first-order valence-corrected chi connectivity index (χ1v) is 12.1. The molecule has 1 fully saturated rings. The average Bonchev–Trinajstić information content (AvgIpc) is 3.53. The van der Waals surface area contributed by atoms with Crippen LogP contribution in [0.1, 0.15) is 22.3 Å². The van der Waals surface area contributed by atoms with E-state index in [4.69, 9.17) is 9.72 Å². The van der Waals surface area contributed by atoms with Gasteiger partial charge in [0, 0.05) is 63.7 Å². The summed E-state index contributed by atoms with van der Waals surface area (Å²) >= 11 is 0. The molecule has 0 saturated carbocycles. The highest BCUT2D eigenvalue weighted by Gasteiger charge is 2.27. The number of ether oxygens (including phenoxy) is 1. The van der Waals surface area contributed by atoms with Crippen molar-refractivity contribution in [1.29, 1.82) is 0 Å². The average molecular weight is 483 g/mol. The van der Waals surface area contributed by atoms with Crippen LogP contribution in [0, 0.1) is 0 Å². The number of nitrogens with one attached hydrogen (secondary N) is 1. The van der Waals surface area contributed by atoms with Crippen LogP contribution >= 0.6 is 0 Å². The molecule has 1 N–H and O–H groups in total. The van der Waals surface area contributed by atoms with Crippen LogP contribution in [0.5, 0.6) is 11.6 Å². The van der Waals surface area contributed by atoms with Crippen molar-refractivity contribution >= 4 is 17.5 Å². The smallest absolute Gasteiger partial charge is 0.257 e. The van der Waals surface area contributed by atoms with Crippen molar-refractivity contribution in [3.63, 3.8) is 0 Å². The molecule has 1 saturated heterocycles. The first-order chi connectivity index (χ1) is 17.5. The Morgan fingerprint density at radius 2 is 1.83 bits per heavy atom. The second-order valence-electron chi connectivity index (χ2n) is 9.07. The molecule has 1 aliphatic heterocycles. The highest BCUT2D eigenvalue weighted by Crippen LogP contribution is 2.27. The maximum atomic E-state index is 13.1. The molecular formula is C28H30N6O2. The van der Waals surface area contributed by atoms with Crippen LogP contribution < -0.4 is 15.0 Å². The number of hydrogen-bond acceptors (Lipinski definition) is 6. The summed E-state index contributed by atoms with van der Waals surface area (Å²) in [6, 6.07) is 25.5. The molecule has 1 amide bonds. The number of benzene rings is 2. The first-order valence-electron chi connectivity index (χ1n) is 12.1. The number of likely N-dealkylation sites (N-methyl/N-ethyl adjacent to an activating group) is 1. The molecule has 8 heteroatoms. The van der Waals surface area contributed by atoms with Crippen LogP contribution in [-0.4, -0.2) is 51.8 Å². The third-order valence-electron chi connectivity index (χ3n) is 6.38. The van der Waals surface area contributed by atoms with E-state index in [1.165, 1.54) is 5.56 Å². The van der Waals surface area contributed by atoms with Gasteiger partial charge in [-0.3, -0.25) is 14.4 Å². The largest absolute Gasteiger partial charge is 0.439 e. The Labute approximate surface area is 211 Å². The normalized spacial score (nSPS) is 15.6. The first kappa shape index (κ1) is 23.6. The number of hydrogen-bond donors (Lipinski definition) is 1. The highest BCUT2D eigenvalue weighted by atomic mass is 16.5. The van der Waals surface area contributed by atoms with E-state index in [0.29, 0.717) is 28.8 Å². The number of anilines is 2. The summed E-state index contributed by atoms with van der Waals surface area (Å²) in [6.45, 7) is 2.86. The second-order valence-corrected chi connectivity index (χ2v) is 9.07. The number of carbonyl (C=O) groups excluding carboxylic acids is 1. The van der Waals surface area contributed by atoms with Gasteiger partial charge in [-0.2, -0.15) is 10.1 Å². The van der Waals surface area contributed by atoms with Crippen LogP contribution in [-0.2, 0) is 13.6 Å². The van der Waals surface area contributed by atoms with E-state index in [9.17, 15) is 4.79 Å². The van der Waals surface area contributed by atoms with Crippen LogP contribution in [0.3, 0.4) is 0 Å². The lowest BCUT2D eigenvalue weighted by Gasteiger charge is -2.27. The SMILES string of the molecule is CN(c1cc(C(=O)Nc2ccn(C)n2)cc(Oc2ccccc2)n1)C1CCN(Cc2ccccc2)C1. The van der Waals surface area contributed by atoms with Crippen molar-refractivity contribution in [3.05, 3.63) is 96.2 Å². The molecular weight excluding hydrogens is 452 g/mol. The summed E-state index contributed by atoms with van der Waals surface area (Å²) in [6.07, 6.45) is 2.80. The summed E-state index contributed by atoms with van der Waals surface area (Å²) in [7, 11) is 3.84. The fourth-order valence-corrected chi connectivity index (χ4v) is 4.44. The monoisotopic (exact) mass is 482 g/mol. The number of amides is 1. The third-order valence-corrected chi connectivity index (χ3v) is 6.38. The van der Waals surface area contributed by atoms with Gasteiger partial charge in [0.2, 0.25) is 5.88 Å². The Bertz CT molecular complexity index is 1310. The molecule has 0 aliphatic carbocycles. The standard InChI is InChI=1S/C28H30N6O2/c1-32-15-14-25(31-32)29-28(35)22-17-26(30-27(18-22)36-24-11-7-4-8-12-24)33(2)23-13-16-34(20-23)19-21-9-5-3-6-10-21/h3-12,14-15,17-18,23H,13,16,19-20H2,1-2H3,(H,29,31,35). The van der Waals surface area contributed by atoms with Crippen LogP contribution in [0.4, 0.5) is 11.6 Å². The highest BCUT2D eigenvalue weighted by molar-refractivity contribution is 6.04. The number of para-hydroxylation sites is 1. The molecule has 0 bridgehead atoms. The minimum absolute atomic E-state index is 0.263. The lowest BCUT2D eigenvalue weighted by Crippen LogP contribution is -2.35. The maximum Gasteiger partial charge on any atom is 0.257 e. The van der Waals surface area contributed by atoms with Gasteiger partial charge in [-0.25, -0.2) is 0 Å². The summed E-state index contributed by atoms with van der Waals surface area (Å²) in [5.74, 6) is 1.96. The molecule has 8 nitrogen and oxygen atoms in total. The maximum absolute atomic E-state index is 13.1. The summed E-state index contributed by atoms with van der Waals surface area (Å²) in [5, 5.41) is 7.11. The molecule has 0 spiro atoms. The fourth-order valence-electron chi connectivity index (χ4n) is 4.44. The zero-order valence-corrected chi connectivity index (χ0v) is 20.5. The van der Waals surface area contributed by atoms with Gasteiger partial charge in [0.15, 0.2) is 5.82 Å². The van der Waals surface area contributed by atoms with Gasteiger partial charge in [-0.1, -0.05) is 48.5 Å². The van der Waals surface area contributed by atoms with Crippen molar-refractivity contribution in [2.45, 2.75) is 19.0 Å². The molecule has 4 aromatic rings. The Morgan fingerprint density at radius 1 is 1.08 bits per heavy atom. The van der Waals surface area contributed by atoms with E-state index in [1.807, 2.05) is 56.6 Å². The Kier molecular flexibility index (Phi) is 6.95. The molecule has 2 aromatic heterocycles. The van der Waals surface area contributed by atoms with Crippen molar-refractivity contribution < 1.29 is 9.53 Å². The van der Waals surface area contributed by atoms with Crippen molar-refractivity contribution in [1.82, 2.24) is 19.7 Å². The number of likely N-dealkylation sites (tertiary alicyclic amines) is 1. The van der Waals surface area contributed by atoms with Crippen LogP contribution in [0.2, 0.25) is 0 Å². The van der Waals surface area contributed by atoms with E-state index in [1.54, 1.807) is 23.0 Å². The van der Waals surface area contributed by atoms with Gasteiger partial charge < -0.3 is 15.0 Å². The van der Waals surface area contributed by atoms with Gasteiger partial charge in [0.1, 0.15) is 11.6 Å².